The molecule has 2 aromatic rings. The van der Waals surface area contributed by atoms with Crippen molar-refractivity contribution < 1.29 is 14.3 Å². The number of ether oxygens (including phenoxy) is 1. The molecule has 0 saturated carbocycles. The van der Waals surface area contributed by atoms with Gasteiger partial charge in [0.15, 0.2) is 0 Å². The van der Waals surface area contributed by atoms with Gasteiger partial charge in [-0.1, -0.05) is 12.1 Å². The third-order valence-corrected chi connectivity index (χ3v) is 4.44. The predicted octanol–water partition coefficient (Wildman–Crippen LogP) is 3.23. The van der Waals surface area contributed by atoms with Gasteiger partial charge in [-0.3, -0.25) is 9.59 Å². The summed E-state index contributed by atoms with van der Waals surface area (Å²) in [5, 5.41) is 2.90. The molecule has 1 aromatic heterocycles. The van der Waals surface area contributed by atoms with Gasteiger partial charge in [0.05, 0.1) is 12.7 Å². The number of hydrogen-bond donors (Lipinski definition) is 2. The highest BCUT2D eigenvalue weighted by Crippen LogP contribution is 2.35. The van der Waals surface area contributed by atoms with E-state index in [4.69, 9.17) is 0 Å². The number of benzene rings is 1. The molecule has 0 aliphatic carbocycles. The van der Waals surface area contributed by atoms with E-state index >= 15 is 0 Å². The second-order valence-electron chi connectivity index (χ2n) is 5.94. The fourth-order valence-electron chi connectivity index (χ4n) is 3.02. The lowest BCUT2D eigenvalue weighted by Gasteiger charge is -2.03. The van der Waals surface area contributed by atoms with Gasteiger partial charge >= 0.3 is 5.97 Å². The van der Waals surface area contributed by atoms with Crippen molar-refractivity contribution in [2.45, 2.75) is 26.7 Å². The van der Waals surface area contributed by atoms with Gasteiger partial charge in [-0.15, -0.1) is 0 Å². The van der Waals surface area contributed by atoms with Crippen LogP contribution in [0.5, 0.6) is 0 Å². The van der Waals surface area contributed by atoms with Gasteiger partial charge in [-0.25, -0.2) is 0 Å². The summed E-state index contributed by atoms with van der Waals surface area (Å²) < 4.78 is 4.68. The van der Waals surface area contributed by atoms with E-state index in [1.54, 1.807) is 0 Å². The number of hydrogen-bond acceptors (Lipinski definition) is 3. The topological polar surface area (TPSA) is 71.2 Å². The Hall–Kier alpha value is -2.82. The van der Waals surface area contributed by atoms with Crippen molar-refractivity contribution >= 4 is 29.2 Å². The van der Waals surface area contributed by atoms with E-state index in [1.807, 2.05) is 44.3 Å². The van der Waals surface area contributed by atoms with Crippen molar-refractivity contribution in [1.82, 2.24) is 4.98 Å². The van der Waals surface area contributed by atoms with Gasteiger partial charge in [-0.2, -0.15) is 0 Å². The third kappa shape index (κ3) is 2.85. The third-order valence-electron chi connectivity index (χ3n) is 4.44. The lowest BCUT2D eigenvalue weighted by atomic mass is 9.99. The van der Waals surface area contributed by atoms with Crippen molar-refractivity contribution in [3.63, 3.8) is 0 Å². The maximum Gasteiger partial charge on any atom is 0.305 e. The number of aryl methyl sites for hydroxylation is 2. The number of aromatic nitrogens is 1. The zero-order valence-corrected chi connectivity index (χ0v) is 14.0. The van der Waals surface area contributed by atoms with Crippen LogP contribution in [0.3, 0.4) is 0 Å². The molecule has 5 heteroatoms. The maximum atomic E-state index is 12.3. The first-order valence-corrected chi connectivity index (χ1v) is 7.88. The van der Waals surface area contributed by atoms with E-state index in [2.05, 4.69) is 15.0 Å². The smallest absolute Gasteiger partial charge is 0.305 e. The number of H-pyrrole nitrogens is 1. The van der Waals surface area contributed by atoms with E-state index in [-0.39, 0.29) is 11.9 Å². The molecule has 0 spiro atoms. The molecule has 0 atom stereocenters. The Balaban J connectivity index is 1.92. The molecule has 0 fully saturated rings. The van der Waals surface area contributed by atoms with Crippen LogP contribution >= 0.6 is 0 Å². The van der Waals surface area contributed by atoms with Crippen LogP contribution in [0.4, 0.5) is 5.69 Å². The van der Waals surface area contributed by atoms with Crippen molar-refractivity contribution in [3.05, 3.63) is 52.3 Å². The summed E-state index contributed by atoms with van der Waals surface area (Å²) in [6.07, 6.45) is 4.72. The Morgan fingerprint density at radius 1 is 1.29 bits per heavy atom. The van der Waals surface area contributed by atoms with Crippen molar-refractivity contribution in [3.8, 4) is 0 Å². The molecule has 1 amide bonds. The first-order valence-electron chi connectivity index (χ1n) is 7.88. The van der Waals surface area contributed by atoms with E-state index in [0.717, 1.165) is 33.6 Å². The van der Waals surface area contributed by atoms with Crippen LogP contribution in [0.15, 0.2) is 24.4 Å². The summed E-state index contributed by atoms with van der Waals surface area (Å²) in [6, 6.07) is 5.84. The maximum absolute atomic E-state index is 12.3. The molecule has 0 bridgehead atoms. The van der Waals surface area contributed by atoms with Crippen LogP contribution in [0.1, 0.15) is 34.4 Å². The highest BCUT2D eigenvalue weighted by Gasteiger charge is 2.25. The Bertz CT molecular complexity index is 846. The average molecular weight is 324 g/mol. The first kappa shape index (κ1) is 16.1. The SMILES string of the molecule is COC(=O)CCc1c[nH]c(C=C2C(=O)Nc3cccc(C)c32)c1C. The molecule has 124 valence electrons. The molecule has 2 N–H and O–H groups in total. The van der Waals surface area contributed by atoms with Crippen LogP contribution < -0.4 is 5.32 Å². The summed E-state index contributed by atoms with van der Waals surface area (Å²) in [5.41, 5.74) is 6.50. The van der Waals surface area contributed by atoms with Gasteiger partial charge in [0.1, 0.15) is 0 Å². The molecular weight excluding hydrogens is 304 g/mol. The predicted molar refractivity (Wildman–Crippen MR) is 93.5 cm³/mol. The quantitative estimate of drug-likeness (QED) is 0.670. The molecule has 3 rings (SSSR count). The molecule has 0 unspecified atom stereocenters. The molecule has 2 heterocycles. The Kier molecular flexibility index (Phi) is 4.25. The highest BCUT2D eigenvalue weighted by atomic mass is 16.5. The Morgan fingerprint density at radius 3 is 2.83 bits per heavy atom. The molecule has 5 nitrogen and oxygen atoms in total. The van der Waals surface area contributed by atoms with Crippen molar-refractivity contribution in [1.29, 1.82) is 0 Å². The number of rotatable bonds is 4. The number of nitrogens with one attached hydrogen (secondary N) is 2. The van der Waals surface area contributed by atoms with Gasteiger partial charge < -0.3 is 15.0 Å². The average Bonchev–Trinajstić information content (AvgIpc) is 3.07. The first-order chi connectivity index (χ1) is 11.5. The molecule has 1 aliphatic heterocycles. The fraction of sp³-hybridized carbons (Fsp3) is 0.263. The van der Waals surface area contributed by atoms with Gasteiger partial charge in [0, 0.05) is 29.6 Å². The number of esters is 1. The normalized spacial score (nSPS) is 14.6. The summed E-state index contributed by atoms with van der Waals surface area (Å²) in [4.78, 5) is 26.8. The zero-order valence-electron chi connectivity index (χ0n) is 14.0. The molecule has 1 aliphatic rings. The minimum atomic E-state index is -0.227. The standard InChI is InChI=1S/C19H20N2O3/c1-11-5-4-6-15-18(11)14(19(23)21-15)9-16-12(2)13(10-20-16)7-8-17(22)24-3/h4-6,9-10,20H,7-8H2,1-3H3,(H,21,23). The van der Waals surface area contributed by atoms with E-state index in [0.29, 0.717) is 18.4 Å². The lowest BCUT2D eigenvalue weighted by Crippen LogP contribution is -2.04. The second kappa shape index (κ2) is 6.35. The Morgan fingerprint density at radius 2 is 2.08 bits per heavy atom. The number of amides is 1. The number of carbonyl (C=O) groups excluding carboxylic acids is 2. The number of carbonyl (C=O) groups is 2. The van der Waals surface area contributed by atoms with Gasteiger partial charge in [0.25, 0.3) is 5.91 Å². The molecule has 0 radical (unpaired) electrons. The minimum Gasteiger partial charge on any atom is -0.469 e. The van der Waals surface area contributed by atoms with E-state index < -0.39 is 0 Å². The Labute approximate surface area is 140 Å². The van der Waals surface area contributed by atoms with Crippen LogP contribution in [-0.4, -0.2) is 24.0 Å². The zero-order chi connectivity index (χ0) is 17.3. The highest BCUT2D eigenvalue weighted by molar-refractivity contribution is 6.35. The summed E-state index contributed by atoms with van der Waals surface area (Å²) >= 11 is 0. The van der Waals surface area contributed by atoms with Crippen molar-refractivity contribution in [2.24, 2.45) is 0 Å². The van der Waals surface area contributed by atoms with E-state index in [1.165, 1.54) is 7.11 Å². The number of aromatic amines is 1. The number of methoxy groups -OCH3 is 1. The van der Waals surface area contributed by atoms with Crippen molar-refractivity contribution in [2.75, 3.05) is 12.4 Å². The fourth-order valence-corrected chi connectivity index (χ4v) is 3.02. The lowest BCUT2D eigenvalue weighted by molar-refractivity contribution is -0.140. The second-order valence-corrected chi connectivity index (χ2v) is 5.94. The molecule has 1 aromatic carbocycles. The molecular formula is C19H20N2O3. The molecule has 0 saturated heterocycles. The summed E-state index contributed by atoms with van der Waals surface area (Å²) in [7, 11) is 1.39. The molecule has 24 heavy (non-hydrogen) atoms. The van der Waals surface area contributed by atoms with Crippen LogP contribution in [-0.2, 0) is 20.7 Å². The van der Waals surface area contributed by atoms with Crippen LogP contribution in [0, 0.1) is 13.8 Å². The van der Waals surface area contributed by atoms with Crippen LogP contribution in [0.25, 0.3) is 11.6 Å². The summed E-state index contributed by atoms with van der Waals surface area (Å²) in [6.45, 7) is 3.98. The van der Waals surface area contributed by atoms with Gasteiger partial charge in [-0.05, 0) is 49.1 Å². The van der Waals surface area contributed by atoms with E-state index in [9.17, 15) is 9.59 Å². The number of fused-ring (bicyclic) bond motifs is 1. The largest absolute Gasteiger partial charge is 0.469 e. The number of anilines is 1. The monoisotopic (exact) mass is 324 g/mol. The summed E-state index contributed by atoms with van der Waals surface area (Å²) in [5.74, 6) is -0.320. The van der Waals surface area contributed by atoms with Gasteiger partial charge in [0.2, 0.25) is 0 Å². The van der Waals surface area contributed by atoms with Crippen LogP contribution in [0.2, 0.25) is 0 Å². The minimum absolute atomic E-state index is 0.0931.